The lowest BCUT2D eigenvalue weighted by atomic mass is 9.86. The second-order valence-electron chi connectivity index (χ2n) is 5.38. The van der Waals surface area contributed by atoms with Crippen molar-refractivity contribution in [3.63, 3.8) is 0 Å². The highest BCUT2D eigenvalue weighted by atomic mass is 35.5. The van der Waals surface area contributed by atoms with E-state index in [1.54, 1.807) is 0 Å². The minimum atomic E-state index is -0.309. The summed E-state index contributed by atoms with van der Waals surface area (Å²) in [7, 11) is 0. The lowest BCUT2D eigenvalue weighted by Gasteiger charge is -2.32. The summed E-state index contributed by atoms with van der Waals surface area (Å²) in [6.45, 7) is 3.94. The minimum absolute atomic E-state index is 0.281. The molecule has 0 saturated heterocycles. The van der Waals surface area contributed by atoms with Crippen LogP contribution < -0.4 is 0 Å². The van der Waals surface area contributed by atoms with Gasteiger partial charge in [0, 0.05) is 6.42 Å². The number of hydrogen-bond donors (Lipinski definition) is 0. The van der Waals surface area contributed by atoms with Gasteiger partial charge in [0.2, 0.25) is 0 Å². The number of hydrogen-bond acceptors (Lipinski definition) is 1. The fourth-order valence-corrected chi connectivity index (χ4v) is 2.97. The highest BCUT2D eigenvalue weighted by molar-refractivity contribution is 6.19. The van der Waals surface area contributed by atoms with Gasteiger partial charge >= 0.3 is 0 Å². The van der Waals surface area contributed by atoms with Crippen molar-refractivity contribution in [2.75, 3.05) is 0 Å². The molecule has 0 heterocycles. The molecule has 0 spiro atoms. The van der Waals surface area contributed by atoms with E-state index < -0.39 is 0 Å². The number of ether oxygens (including phenoxy) is 1. The molecule has 0 amide bonds. The van der Waals surface area contributed by atoms with Gasteiger partial charge in [-0.1, -0.05) is 54.1 Å². The quantitative estimate of drug-likeness (QED) is 0.716. The van der Waals surface area contributed by atoms with Gasteiger partial charge in [0.05, 0.1) is 5.60 Å². The molecule has 2 atom stereocenters. The zero-order valence-electron chi connectivity index (χ0n) is 11.2. The Hall–Kier alpha value is -1.31. The minimum Gasteiger partial charge on any atom is -0.352 e. The summed E-state index contributed by atoms with van der Waals surface area (Å²) in [6.07, 6.45) is 5.12. The molecule has 19 heavy (non-hydrogen) atoms. The summed E-state index contributed by atoms with van der Waals surface area (Å²) in [5.41, 5.74) is 2.01. The Kier molecular flexibility index (Phi) is 3.12. The van der Waals surface area contributed by atoms with Crippen LogP contribution in [-0.2, 0) is 11.2 Å². The van der Waals surface area contributed by atoms with Gasteiger partial charge in [-0.05, 0) is 41.8 Å². The molecule has 0 bridgehead atoms. The molecule has 0 fully saturated rings. The Morgan fingerprint density at radius 2 is 1.89 bits per heavy atom. The molecule has 1 aliphatic rings. The standard InChI is InChI=1S/C17H17ClO/c1-12(18)19-17(2)8-7-15-9-13-5-3-4-6-14(13)10-16(15)11-17/h3-10,12H,11H2,1-2H3. The molecule has 2 aromatic carbocycles. The van der Waals surface area contributed by atoms with E-state index in [1.807, 2.05) is 6.92 Å². The van der Waals surface area contributed by atoms with Gasteiger partial charge < -0.3 is 4.74 Å². The van der Waals surface area contributed by atoms with E-state index in [2.05, 4.69) is 55.5 Å². The van der Waals surface area contributed by atoms with Gasteiger partial charge in [-0.3, -0.25) is 0 Å². The van der Waals surface area contributed by atoms with Crippen molar-refractivity contribution in [1.29, 1.82) is 0 Å². The highest BCUT2D eigenvalue weighted by Gasteiger charge is 2.28. The first kappa shape index (κ1) is 12.7. The van der Waals surface area contributed by atoms with Crippen LogP contribution in [0.25, 0.3) is 16.8 Å². The SMILES string of the molecule is CC(Cl)OC1(C)C=Cc2cc3ccccc3cc2C1. The molecule has 0 N–H and O–H groups in total. The summed E-state index contributed by atoms with van der Waals surface area (Å²) in [5.74, 6) is 0. The predicted molar refractivity (Wildman–Crippen MR) is 81.5 cm³/mol. The smallest absolute Gasteiger partial charge is 0.129 e. The van der Waals surface area contributed by atoms with Crippen LogP contribution in [-0.4, -0.2) is 11.2 Å². The van der Waals surface area contributed by atoms with Crippen molar-refractivity contribution in [3.8, 4) is 0 Å². The summed E-state index contributed by atoms with van der Waals surface area (Å²) in [6, 6.07) is 12.9. The van der Waals surface area contributed by atoms with Crippen LogP contribution in [0.1, 0.15) is 25.0 Å². The molecule has 1 aliphatic carbocycles. The molecule has 0 aliphatic heterocycles. The van der Waals surface area contributed by atoms with E-state index in [4.69, 9.17) is 16.3 Å². The largest absolute Gasteiger partial charge is 0.352 e. The average Bonchev–Trinajstić information content (AvgIpc) is 2.35. The van der Waals surface area contributed by atoms with Crippen molar-refractivity contribution >= 4 is 28.4 Å². The van der Waals surface area contributed by atoms with Crippen LogP contribution in [0.2, 0.25) is 0 Å². The Morgan fingerprint density at radius 3 is 2.58 bits per heavy atom. The molecule has 98 valence electrons. The maximum atomic E-state index is 5.97. The summed E-state index contributed by atoms with van der Waals surface area (Å²) < 4.78 is 5.83. The van der Waals surface area contributed by atoms with Crippen LogP contribution in [0.4, 0.5) is 0 Å². The van der Waals surface area contributed by atoms with Gasteiger partial charge in [0.15, 0.2) is 0 Å². The molecule has 0 saturated carbocycles. The van der Waals surface area contributed by atoms with Crippen molar-refractivity contribution in [3.05, 3.63) is 53.6 Å². The molecular weight excluding hydrogens is 256 g/mol. The van der Waals surface area contributed by atoms with Crippen LogP contribution >= 0.6 is 11.6 Å². The molecule has 0 radical (unpaired) electrons. The average molecular weight is 273 g/mol. The molecule has 3 rings (SSSR count). The van der Waals surface area contributed by atoms with E-state index in [0.29, 0.717) is 0 Å². The Bertz CT molecular complexity index is 645. The number of halogens is 1. The third-order valence-electron chi connectivity index (χ3n) is 3.60. The Balaban J connectivity index is 2.03. The molecule has 2 heteroatoms. The van der Waals surface area contributed by atoms with Crippen LogP contribution in [0.3, 0.4) is 0 Å². The topological polar surface area (TPSA) is 9.23 Å². The number of fused-ring (bicyclic) bond motifs is 2. The van der Waals surface area contributed by atoms with Gasteiger partial charge in [-0.15, -0.1) is 0 Å². The zero-order chi connectivity index (χ0) is 13.5. The van der Waals surface area contributed by atoms with Crippen molar-refractivity contribution in [2.24, 2.45) is 0 Å². The monoisotopic (exact) mass is 272 g/mol. The third kappa shape index (κ3) is 2.54. The lowest BCUT2D eigenvalue weighted by Crippen LogP contribution is -2.33. The second-order valence-corrected chi connectivity index (χ2v) is 6.00. The molecule has 0 aromatic heterocycles. The first-order chi connectivity index (χ1) is 9.06. The Morgan fingerprint density at radius 1 is 1.21 bits per heavy atom. The van der Waals surface area contributed by atoms with Crippen molar-refractivity contribution in [1.82, 2.24) is 0 Å². The van der Waals surface area contributed by atoms with E-state index in [-0.39, 0.29) is 11.2 Å². The lowest BCUT2D eigenvalue weighted by molar-refractivity contribution is -0.00672. The van der Waals surface area contributed by atoms with Gasteiger partial charge in [-0.2, -0.15) is 0 Å². The maximum Gasteiger partial charge on any atom is 0.129 e. The molecule has 2 aromatic rings. The zero-order valence-corrected chi connectivity index (χ0v) is 11.9. The summed E-state index contributed by atoms with van der Waals surface area (Å²) in [4.78, 5) is 0. The van der Waals surface area contributed by atoms with Crippen LogP contribution in [0.15, 0.2) is 42.5 Å². The van der Waals surface area contributed by atoms with E-state index >= 15 is 0 Å². The predicted octanol–water partition coefficient (Wildman–Crippen LogP) is 4.77. The Labute approximate surface area is 118 Å². The maximum absolute atomic E-state index is 5.97. The van der Waals surface area contributed by atoms with Gasteiger partial charge in [0.1, 0.15) is 5.56 Å². The summed E-state index contributed by atoms with van der Waals surface area (Å²) in [5, 5.41) is 2.55. The number of rotatable bonds is 2. The first-order valence-electron chi connectivity index (χ1n) is 6.59. The van der Waals surface area contributed by atoms with Gasteiger partial charge in [-0.25, -0.2) is 0 Å². The summed E-state index contributed by atoms with van der Waals surface area (Å²) >= 11 is 5.97. The van der Waals surface area contributed by atoms with Crippen LogP contribution in [0, 0.1) is 0 Å². The first-order valence-corrected chi connectivity index (χ1v) is 7.02. The number of benzene rings is 2. The van der Waals surface area contributed by atoms with E-state index in [0.717, 1.165) is 6.42 Å². The van der Waals surface area contributed by atoms with E-state index in [1.165, 1.54) is 21.9 Å². The van der Waals surface area contributed by atoms with Crippen molar-refractivity contribution in [2.45, 2.75) is 31.4 Å². The normalized spacial score (nSPS) is 23.3. The number of alkyl halides is 1. The molecular formula is C17H17ClO. The van der Waals surface area contributed by atoms with E-state index in [9.17, 15) is 0 Å². The fourth-order valence-electron chi connectivity index (χ4n) is 2.77. The van der Waals surface area contributed by atoms with Crippen molar-refractivity contribution < 1.29 is 4.74 Å². The molecule has 2 unspecified atom stereocenters. The molecule has 1 nitrogen and oxygen atoms in total. The highest BCUT2D eigenvalue weighted by Crippen LogP contribution is 2.32. The third-order valence-corrected chi connectivity index (χ3v) is 3.69. The fraction of sp³-hybridized carbons (Fsp3) is 0.294. The van der Waals surface area contributed by atoms with Crippen LogP contribution in [0.5, 0.6) is 0 Å². The second kappa shape index (κ2) is 4.66. The van der Waals surface area contributed by atoms with Gasteiger partial charge in [0.25, 0.3) is 0 Å².